The highest BCUT2D eigenvalue weighted by molar-refractivity contribution is 7.15. The molecule has 0 aliphatic carbocycles. The van der Waals surface area contributed by atoms with Gasteiger partial charge in [0.15, 0.2) is 6.10 Å². The monoisotopic (exact) mass is 321 g/mol. The van der Waals surface area contributed by atoms with E-state index in [9.17, 15) is 4.79 Å². The highest BCUT2D eigenvalue weighted by Gasteiger charge is 2.16. The number of carbonyl (C=O) groups is 1. The van der Waals surface area contributed by atoms with Crippen LogP contribution in [0.1, 0.15) is 18.9 Å². The van der Waals surface area contributed by atoms with Crippen molar-refractivity contribution in [1.29, 1.82) is 0 Å². The van der Waals surface area contributed by atoms with Gasteiger partial charge in [0.25, 0.3) is 5.91 Å². The fourth-order valence-electron chi connectivity index (χ4n) is 1.67. The Hall–Kier alpha value is -1.99. The molecule has 1 aromatic heterocycles. The molecular weight excluding hydrogens is 302 g/mol. The quantitative estimate of drug-likeness (QED) is 0.756. The molecule has 0 bridgehead atoms. The second kappa shape index (κ2) is 8.45. The predicted octanol–water partition coefficient (Wildman–Crippen LogP) is 2.52. The molecule has 0 aliphatic rings. The molecular formula is C15H19N3O3S. The second-order valence-corrected chi connectivity index (χ2v) is 5.57. The Balaban J connectivity index is 1.83. The fourth-order valence-corrected chi connectivity index (χ4v) is 2.40. The lowest BCUT2D eigenvalue weighted by Crippen LogP contribution is -2.30. The molecule has 2 aromatic rings. The van der Waals surface area contributed by atoms with Gasteiger partial charge in [-0.2, -0.15) is 0 Å². The third-order valence-electron chi connectivity index (χ3n) is 2.79. The van der Waals surface area contributed by atoms with Crippen LogP contribution in [0.5, 0.6) is 5.75 Å². The molecule has 0 aliphatic heterocycles. The minimum absolute atomic E-state index is 0.253. The Kier molecular flexibility index (Phi) is 6.29. The first-order valence-electron chi connectivity index (χ1n) is 7.11. The van der Waals surface area contributed by atoms with Crippen molar-refractivity contribution in [3.05, 3.63) is 35.3 Å². The van der Waals surface area contributed by atoms with E-state index in [0.29, 0.717) is 30.5 Å². The molecule has 6 nitrogen and oxygen atoms in total. The molecule has 118 valence electrons. The Morgan fingerprint density at radius 3 is 2.82 bits per heavy atom. The predicted molar refractivity (Wildman–Crippen MR) is 85.3 cm³/mol. The maximum Gasteiger partial charge on any atom is 0.266 e. The molecule has 1 atom stereocenters. The third kappa shape index (κ3) is 5.09. The number of ether oxygens (including phenoxy) is 2. The zero-order chi connectivity index (χ0) is 15.8. The number of aromatic nitrogens is 2. The number of amides is 1. The van der Waals surface area contributed by atoms with Crippen molar-refractivity contribution in [2.24, 2.45) is 0 Å². The Morgan fingerprint density at radius 2 is 2.09 bits per heavy atom. The first-order chi connectivity index (χ1) is 10.7. The van der Waals surface area contributed by atoms with Crippen molar-refractivity contribution < 1.29 is 14.3 Å². The number of hydrogen-bond donors (Lipinski definition) is 1. The molecule has 0 spiro atoms. The number of anilines is 1. The maximum atomic E-state index is 12.1. The molecule has 1 N–H and O–H groups in total. The number of benzene rings is 1. The Bertz CT molecular complexity index is 589. The Morgan fingerprint density at radius 1 is 1.32 bits per heavy atom. The van der Waals surface area contributed by atoms with Crippen molar-refractivity contribution in [3.63, 3.8) is 0 Å². The molecule has 0 fully saturated rings. The van der Waals surface area contributed by atoms with E-state index < -0.39 is 6.10 Å². The van der Waals surface area contributed by atoms with Gasteiger partial charge in [-0.15, -0.1) is 10.2 Å². The van der Waals surface area contributed by atoms with Crippen LogP contribution in [0.25, 0.3) is 0 Å². The van der Waals surface area contributed by atoms with Gasteiger partial charge in [0, 0.05) is 13.0 Å². The van der Waals surface area contributed by atoms with Crippen LogP contribution >= 0.6 is 11.3 Å². The summed E-state index contributed by atoms with van der Waals surface area (Å²) in [6.45, 7) is 4.92. The number of nitrogens with zero attached hydrogens (tertiary/aromatic N) is 2. The van der Waals surface area contributed by atoms with Crippen molar-refractivity contribution in [1.82, 2.24) is 10.2 Å². The molecule has 0 unspecified atom stereocenters. The summed E-state index contributed by atoms with van der Waals surface area (Å²) in [5, 5.41) is 12.0. The lowest BCUT2D eigenvalue weighted by atomic mass is 10.3. The van der Waals surface area contributed by atoms with Crippen LogP contribution in [-0.4, -0.2) is 35.4 Å². The standard InChI is InChI=1S/C15H19N3O3S/c1-3-20-10-9-13-17-18-15(22-13)16-14(19)11(2)21-12-7-5-4-6-8-12/h4-8,11H,3,9-10H2,1-2H3,(H,16,18,19)/t11-/m0/s1. The molecule has 0 saturated heterocycles. The third-order valence-corrected chi connectivity index (χ3v) is 3.69. The number of rotatable bonds is 8. The van der Waals surface area contributed by atoms with Gasteiger partial charge < -0.3 is 9.47 Å². The van der Waals surface area contributed by atoms with Crippen LogP contribution in [0.2, 0.25) is 0 Å². The molecule has 0 saturated carbocycles. The largest absolute Gasteiger partial charge is 0.481 e. The van der Waals surface area contributed by atoms with E-state index >= 15 is 0 Å². The summed E-state index contributed by atoms with van der Waals surface area (Å²) in [4.78, 5) is 12.1. The first-order valence-corrected chi connectivity index (χ1v) is 7.93. The zero-order valence-corrected chi connectivity index (χ0v) is 13.4. The smallest absolute Gasteiger partial charge is 0.266 e. The van der Waals surface area contributed by atoms with E-state index in [1.807, 2.05) is 25.1 Å². The van der Waals surface area contributed by atoms with Crippen LogP contribution in [0.3, 0.4) is 0 Å². The number of para-hydroxylation sites is 1. The summed E-state index contributed by atoms with van der Waals surface area (Å²) in [6.07, 6.45) is 0.0791. The number of hydrogen-bond acceptors (Lipinski definition) is 6. The van der Waals surface area contributed by atoms with Crippen molar-refractivity contribution in [2.45, 2.75) is 26.4 Å². The van der Waals surface area contributed by atoms with Gasteiger partial charge >= 0.3 is 0 Å². The average molecular weight is 321 g/mol. The summed E-state index contributed by atoms with van der Waals surface area (Å²) >= 11 is 1.35. The average Bonchev–Trinajstić information content (AvgIpc) is 2.96. The van der Waals surface area contributed by atoms with E-state index in [-0.39, 0.29) is 5.91 Å². The van der Waals surface area contributed by atoms with Crippen LogP contribution in [0.15, 0.2) is 30.3 Å². The van der Waals surface area contributed by atoms with E-state index in [2.05, 4.69) is 15.5 Å². The van der Waals surface area contributed by atoms with Gasteiger partial charge in [-0.1, -0.05) is 29.5 Å². The highest BCUT2D eigenvalue weighted by Crippen LogP contribution is 2.17. The Labute approximate surface area is 133 Å². The van der Waals surface area contributed by atoms with Gasteiger partial charge in [0.1, 0.15) is 10.8 Å². The number of nitrogens with one attached hydrogen (secondary N) is 1. The molecule has 7 heteroatoms. The summed E-state index contributed by atoms with van der Waals surface area (Å²) in [6, 6.07) is 9.22. The van der Waals surface area contributed by atoms with E-state index in [1.54, 1.807) is 19.1 Å². The summed E-state index contributed by atoms with van der Waals surface area (Å²) < 4.78 is 10.8. The molecule has 2 rings (SSSR count). The van der Waals surface area contributed by atoms with Crippen LogP contribution in [0.4, 0.5) is 5.13 Å². The van der Waals surface area contributed by atoms with Gasteiger partial charge in [0.2, 0.25) is 5.13 Å². The topological polar surface area (TPSA) is 73.3 Å². The zero-order valence-electron chi connectivity index (χ0n) is 12.6. The molecule has 1 heterocycles. The SMILES string of the molecule is CCOCCc1nnc(NC(=O)[C@H](C)Oc2ccccc2)s1. The highest BCUT2D eigenvalue weighted by atomic mass is 32.1. The summed E-state index contributed by atoms with van der Waals surface area (Å²) in [5.41, 5.74) is 0. The summed E-state index contributed by atoms with van der Waals surface area (Å²) in [5.74, 6) is 0.399. The van der Waals surface area contributed by atoms with Gasteiger partial charge in [-0.05, 0) is 26.0 Å². The second-order valence-electron chi connectivity index (χ2n) is 4.51. The fraction of sp³-hybridized carbons (Fsp3) is 0.400. The normalized spacial score (nSPS) is 11.9. The van der Waals surface area contributed by atoms with Crippen molar-refractivity contribution in [2.75, 3.05) is 18.5 Å². The van der Waals surface area contributed by atoms with E-state index in [1.165, 1.54) is 11.3 Å². The number of carbonyl (C=O) groups excluding carboxylic acids is 1. The van der Waals surface area contributed by atoms with Crippen LogP contribution < -0.4 is 10.1 Å². The lowest BCUT2D eigenvalue weighted by Gasteiger charge is -2.13. The maximum absolute atomic E-state index is 12.1. The minimum Gasteiger partial charge on any atom is -0.481 e. The minimum atomic E-state index is -0.613. The first kappa shape index (κ1) is 16.4. The van der Waals surface area contributed by atoms with Crippen LogP contribution in [-0.2, 0) is 16.0 Å². The summed E-state index contributed by atoms with van der Waals surface area (Å²) in [7, 11) is 0. The van der Waals surface area contributed by atoms with E-state index in [0.717, 1.165) is 5.01 Å². The van der Waals surface area contributed by atoms with Crippen molar-refractivity contribution in [3.8, 4) is 5.75 Å². The van der Waals surface area contributed by atoms with Gasteiger partial charge in [0.05, 0.1) is 6.61 Å². The molecule has 0 radical (unpaired) electrons. The van der Waals surface area contributed by atoms with Gasteiger partial charge in [-0.25, -0.2) is 0 Å². The molecule has 22 heavy (non-hydrogen) atoms. The lowest BCUT2D eigenvalue weighted by molar-refractivity contribution is -0.122. The van der Waals surface area contributed by atoms with Crippen LogP contribution in [0, 0.1) is 0 Å². The van der Waals surface area contributed by atoms with E-state index in [4.69, 9.17) is 9.47 Å². The molecule has 1 aromatic carbocycles. The van der Waals surface area contributed by atoms with Crippen molar-refractivity contribution >= 4 is 22.4 Å². The van der Waals surface area contributed by atoms with Gasteiger partial charge in [-0.3, -0.25) is 10.1 Å². The molecule has 1 amide bonds.